The van der Waals surface area contributed by atoms with E-state index in [1.54, 1.807) is 12.3 Å². The molecule has 0 saturated carbocycles. The second-order valence-corrected chi connectivity index (χ2v) is 5.11. The van der Waals surface area contributed by atoms with Crippen LogP contribution in [0.2, 0.25) is 0 Å². The minimum absolute atomic E-state index is 0.0737. The zero-order valence-corrected chi connectivity index (χ0v) is 13.1. The van der Waals surface area contributed by atoms with Crippen molar-refractivity contribution in [2.75, 3.05) is 11.9 Å². The zero-order chi connectivity index (χ0) is 15.9. The Morgan fingerprint density at radius 2 is 2.05 bits per heavy atom. The van der Waals surface area contributed by atoms with E-state index < -0.39 is 0 Å². The number of para-hydroxylation sites is 2. The van der Waals surface area contributed by atoms with Gasteiger partial charge in [0.15, 0.2) is 0 Å². The molecular weight excluding hydrogens is 278 g/mol. The van der Waals surface area contributed by atoms with Crippen molar-refractivity contribution in [1.82, 2.24) is 10.3 Å². The topological polar surface area (TPSA) is 63.2 Å². The number of hydrogen-bond acceptors (Lipinski definition) is 4. The van der Waals surface area contributed by atoms with Crippen LogP contribution < -0.4 is 15.4 Å². The van der Waals surface area contributed by atoms with Crippen LogP contribution in [0.25, 0.3) is 0 Å². The lowest BCUT2D eigenvalue weighted by Gasteiger charge is -2.13. The van der Waals surface area contributed by atoms with Crippen LogP contribution in [0.4, 0.5) is 11.4 Å². The minimum atomic E-state index is -0.184. The monoisotopic (exact) mass is 299 g/mol. The van der Waals surface area contributed by atoms with E-state index in [0.717, 1.165) is 17.1 Å². The number of nitrogens with zero attached hydrogens (tertiary/aromatic N) is 1. The van der Waals surface area contributed by atoms with E-state index >= 15 is 0 Å². The third kappa shape index (κ3) is 4.22. The van der Waals surface area contributed by atoms with E-state index in [0.29, 0.717) is 12.3 Å². The summed E-state index contributed by atoms with van der Waals surface area (Å²) in [6.07, 6.45) is 1.61. The highest BCUT2D eigenvalue weighted by Crippen LogP contribution is 2.27. The Hall–Kier alpha value is -2.56. The van der Waals surface area contributed by atoms with E-state index in [1.165, 1.54) is 0 Å². The summed E-state index contributed by atoms with van der Waals surface area (Å²) in [6, 6.07) is 11.3. The van der Waals surface area contributed by atoms with Crippen LogP contribution in [-0.2, 0) is 0 Å². The van der Waals surface area contributed by atoms with Crippen molar-refractivity contribution in [3.63, 3.8) is 0 Å². The van der Waals surface area contributed by atoms with E-state index in [-0.39, 0.29) is 11.9 Å². The Balaban J connectivity index is 2.19. The number of carbonyl (C=O) groups is 1. The second-order valence-electron chi connectivity index (χ2n) is 5.11. The molecule has 2 N–H and O–H groups in total. The molecule has 2 aromatic rings. The van der Waals surface area contributed by atoms with Gasteiger partial charge in [0.1, 0.15) is 11.4 Å². The molecule has 22 heavy (non-hydrogen) atoms. The third-order valence-electron chi connectivity index (χ3n) is 2.88. The largest absolute Gasteiger partial charge is 0.492 e. The lowest BCUT2D eigenvalue weighted by molar-refractivity contribution is 0.0938. The van der Waals surface area contributed by atoms with Crippen LogP contribution in [0.3, 0.4) is 0 Å². The van der Waals surface area contributed by atoms with E-state index in [1.807, 2.05) is 51.1 Å². The Labute approximate surface area is 130 Å². The number of aromatic nitrogens is 1. The van der Waals surface area contributed by atoms with Crippen LogP contribution in [0.15, 0.2) is 42.6 Å². The summed E-state index contributed by atoms with van der Waals surface area (Å²) in [6.45, 7) is 6.37. The molecular formula is C17H21N3O2. The predicted octanol–water partition coefficient (Wildman–Crippen LogP) is 3.36. The van der Waals surface area contributed by atoms with Gasteiger partial charge >= 0.3 is 0 Å². The highest BCUT2D eigenvalue weighted by Gasteiger charge is 2.10. The van der Waals surface area contributed by atoms with E-state index in [2.05, 4.69) is 15.6 Å². The molecule has 0 spiro atoms. The molecule has 0 bridgehead atoms. The highest BCUT2D eigenvalue weighted by molar-refractivity contribution is 5.93. The Kier molecular flexibility index (Phi) is 5.36. The number of benzene rings is 1. The summed E-state index contributed by atoms with van der Waals surface area (Å²) in [5.41, 5.74) is 2.02. The lowest BCUT2D eigenvalue weighted by Crippen LogP contribution is -2.30. The molecule has 1 heterocycles. The summed E-state index contributed by atoms with van der Waals surface area (Å²) < 4.78 is 5.58. The number of anilines is 2. The average Bonchev–Trinajstić information content (AvgIpc) is 2.49. The van der Waals surface area contributed by atoms with Gasteiger partial charge in [0.2, 0.25) is 0 Å². The van der Waals surface area contributed by atoms with E-state index in [4.69, 9.17) is 4.74 Å². The summed E-state index contributed by atoms with van der Waals surface area (Å²) in [4.78, 5) is 16.1. The molecule has 0 atom stereocenters. The fraction of sp³-hybridized carbons (Fsp3) is 0.294. The predicted molar refractivity (Wildman–Crippen MR) is 87.7 cm³/mol. The molecule has 1 aromatic heterocycles. The van der Waals surface area contributed by atoms with Gasteiger partial charge in [0, 0.05) is 17.9 Å². The van der Waals surface area contributed by atoms with Crippen molar-refractivity contribution in [2.24, 2.45) is 0 Å². The molecule has 0 aliphatic heterocycles. The van der Waals surface area contributed by atoms with Crippen LogP contribution in [0, 0.1) is 0 Å². The standard InChI is InChI=1S/C17H21N3O2/c1-4-22-16-8-6-5-7-14(16)20-13-9-10-18-15(11-13)17(21)19-12(2)3/h5-12H,4H2,1-3H3,(H,18,20)(H,19,21). The quantitative estimate of drug-likeness (QED) is 0.858. The van der Waals surface area contributed by atoms with Crippen molar-refractivity contribution in [1.29, 1.82) is 0 Å². The van der Waals surface area contributed by atoms with Crippen LogP contribution in [0.5, 0.6) is 5.75 Å². The molecule has 0 saturated heterocycles. The normalized spacial score (nSPS) is 10.4. The maximum Gasteiger partial charge on any atom is 0.270 e. The third-order valence-corrected chi connectivity index (χ3v) is 2.88. The number of rotatable bonds is 6. The van der Waals surface area contributed by atoms with Crippen molar-refractivity contribution < 1.29 is 9.53 Å². The van der Waals surface area contributed by atoms with Gasteiger partial charge in [-0.3, -0.25) is 9.78 Å². The summed E-state index contributed by atoms with van der Waals surface area (Å²) in [7, 11) is 0. The molecule has 2 rings (SSSR count). The van der Waals surface area contributed by atoms with Crippen molar-refractivity contribution in [3.05, 3.63) is 48.3 Å². The Bertz CT molecular complexity index is 641. The molecule has 5 nitrogen and oxygen atoms in total. The van der Waals surface area contributed by atoms with Gasteiger partial charge in [-0.05, 0) is 45.0 Å². The highest BCUT2D eigenvalue weighted by atomic mass is 16.5. The minimum Gasteiger partial charge on any atom is -0.492 e. The molecule has 116 valence electrons. The van der Waals surface area contributed by atoms with Crippen molar-refractivity contribution in [3.8, 4) is 5.75 Å². The molecule has 1 amide bonds. The molecule has 0 aliphatic carbocycles. The first kappa shape index (κ1) is 15.8. The molecule has 0 unspecified atom stereocenters. The van der Waals surface area contributed by atoms with Crippen LogP contribution in [-0.4, -0.2) is 23.5 Å². The van der Waals surface area contributed by atoms with Crippen molar-refractivity contribution >= 4 is 17.3 Å². The first-order valence-electron chi connectivity index (χ1n) is 7.36. The van der Waals surface area contributed by atoms with Gasteiger partial charge in [-0.2, -0.15) is 0 Å². The molecule has 0 aliphatic rings. The van der Waals surface area contributed by atoms with Gasteiger partial charge in [-0.15, -0.1) is 0 Å². The number of nitrogens with one attached hydrogen (secondary N) is 2. The van der Waals surface area contributed by atoms with Gasteiger partial charge in [0.05, 0.1) is 12.3 Å². The van der Waals surface area contributed by atoms with Gasteiger partial charge in [-0.25, -0.2) is 0 Å². The maximum absolute atomic E-state index is 12.0. The van der Waals surface area contributed by atoms with Crippen molar-refractivity contribution in [2.45, 2.75) is 26.8 Å². The lowest BCUT2D eigenvalue weighted by atomic mass is 10.2. The average molecular weight is 299 g/mol. The number of ether oxygens (including phenoxy) is 1. The number of hydrogen-bond donors (Lipinski definition) is 2. The first-order valence-corrected chi connectivity index (χ1v) is 7.36. The van der Waals surface area contributed by atoms with Gasteiger partial charge < -0.3 is 15.4 Å². The van der Waals surface area contributed by atoms with E-state index in [9.17, 15) is 4.79 Å². The van der Waals surface area contributed by atoms with Gasteiger partial charge in [-0.1, -0.05) is 12.1 Å². The Morgan fingerprint density at radius 1 is 1.27 bits per heavy atom. The van der Waals surface area contributed by atoms with Crippen LogP contribution in [0.1, 0.15) is 31.3 Å². The number of carbonyl (C=O) groups excluding carboxylic acids is 1. The maximum atomic E-state index is 12.0. The molecule has 0 fully saturated rings. The summed E-state index contributed by atoms with van der Waals surface area (Å²) in [5, 5.41) is 6.09. The smallest absolute Gasteiger partial charge is 0.270 e. The zero-order valence-electron chi connectivity index (χ0n) is 13.1. The first-order chi connectivity index (χ1) is 10.6. The number of amides is 1. The molecule has 5 heteroatoms. The summed E-state index contributed by atoms with van der Waals surface area (Å²) in [5.74, 6) is 0.590. The fourth-order valence-corrected chi connectivity index (χ4v) is 1.98. The number of pyridine rings is 1. The molecule has 1 aromatic carbocycles. The Morgan fingerprint density at radius 3 is 2.77 bits per heavy atom. The SMILES string of the molecule is CCOc1ccccc1Nc1ccnc(C(=O)NC(C)C)c1. The fourth-order valence-electron chi connectivity index (χ4n) is 1.98. The van der Waals surface area contributed by atoms with Gasteiger partial charge in [0.25, 0.3) is 5.91 Å². The molecule has 0 radical (unpaired) electrons. The second kappa shape index (κ2) is 7.45. The van der Waals surface area contributed by atoms with Crippen LogP contribution >= 0.6 is 0 Å². The summed E-state index contributed by atoms with van der Waals surface area (Å²) >= 11 is 0.